The van der Waals surface area contributed by atoms with Crippen molar-refractivity contribution in [3.63, 3.8) is 0 Å². The van der Waals surface area contributed by atoms with Crippen LogP contribution < -0.4 is 10.2 Å². The first-order valence-electron chi connectivity index (χ1n) is 10.2. The number of morpholine rings is 1. The van der Waals surface area contributed by atoms with Crippen LogP contribution in [0.2, 0.25) is 0 Å². The minimum Gasteiger partial charge on any atom is -0.379 e. The first-order valence-corrected chi connectivity index (χ1v) is 10.2. The Hall–Kier alpha value is -1.06. The van der Waals surface area contributed by atoms with Gasteiger partial charge in [-0.2, -0.15) is 0 Å². The van der Waals surface area contributed by atoms with Gasteiger partial charge in [0.05, 0.1) is 13.2 Å². The third-order valence-corrected chi connectivity index (χ3v) is 5.44. The molecule has 3 rings (SSSR count). The van der Waals surface area contributed by atoms with E-state index in [1.807, 2.05) is 7.05 Å². The molecule has 0 radical (unpaired) electrons. The molecule has 6 nitrogen and oxygen atoms in total. The topological polar surface area (TPSA) is 43.3 Å². The van der Waals surface area contributed by atoms with Gasteiger partial charge in [-0.3, -0.25) is 9.89 Å². The van der Waals surface area contributed by atoms with Crippen molar-refractivity contribution in [3.05, 3.63) is 29.8 Å². The Bertz CT molecular complexity index is 613. The number of aryl methyl sites for hydroxylation is 1. The van der Waals surface area contributed by atoms with Crippen molar-refractivity contribution in [1.29, 1.82) is 0 Å². The number of anilines is 1. The molecule has 2 aliphatic heterocycles. The lowest BCUT2D eigenvalue weighted by Crippen LogP contribution is -2.53. The second-order valence-electron chi connectivity index (χ2n) is 7.76. The Balaban J connectivity index is 0.00000280. The molecule has 158 valence electrons. The first kappa shape index (κ1) is 23.2. The van der Waals surface area contributed by atoms with Crippen molar-refractivity contribution in [2.45, 2.75) is 13.8 Å². The van der Waals surface area contributed by atoms with Crippen LogP contribution in [0.5, 0.6) is 0 Å². The highest BCUT2D eigenvalue weighted by Crippen LogP contribution is 2.17. The summed E-state index contributed by atoms with van der Waals surface area (Å²) in [4.78, 5) is 11.9. The molecule has 0 aliphatic carbocycles. The molecule has 2 aliphatic rings. The summed E-state index contributed by atoms with van der Waals surface area (Å²) in [7, 11) is 1.89. The number of piperazine rings is 1. The molecular formula is C21H36IN5O. The number of nitrogens with one attached hydrogen (secondary N) is 1. The molecule has 2 heterocycles. The molecule has 7 heteroatoms. The molecule has 0 amide bonds. The SMILES string of the molecule is CN=C(NCC(C)CN1CCOCC1)N1CCN(c2cccc(C)c2)CC1.I. The molecular weight excluding hydrogens is 465 g/mol. The van der Waals surface area contributed by atoms with E-state index >= 15 is 0 Å². The fraction of sp³-hybridized carbons (Fsp3) is 0.667. The number of rotatable bonds is 5. The second kappa shape index (κ2) is 11.8. The molecule has 0 bridgehead atoms. The van der Waals surface area contributed by atoms with E-state index in [0.29, 0.717) is 5.92 Å². The van der Waals surface area contributed by atoms with Gasteiger partial charge in [-0.1, -0.05) is 19.1 Å². The maximum absolute atomic E-state index is 5.44. The van der Waals surface area contributed by atoms with Crippen LogP contribution in [0, 0.1) is 12.8 Å². The van der Waals surface area contributed by atoms with Crippen molar-refractivity contribution in [1.82, 2.24) is 15.1 Å². The summed E-state index contributed by atoms with van der Waals surface area (Å²) in [5.74, 6) is 1.63. The van der Waals surface area contributed by atoms with Crippen LogP contribution >= 0.6 is 24.0 Å². The van der Waals surface area contributed by atoms with Gasteiger partial charge < -0.3 is 19.9 Å². The summed E-state index contributed by atoms with van der Waals surface area (Å²) in [5, 5.41) is 3.59. The van der Waals surface area contributed by atoms with E-state index in [4.69, 9.17) is 4.74 Å². The van der Waals surface area contributed by atoms with Crippen LogP contribution in [0.1, 0.15) is 12.5 Å². The number of hydrogen-bond acceptors (Lipinski definition) is 4. The van der Waals surface area contributed by atoms with E-state index in [9.17, 15) is 0 Å². The average molecular weight is 501 g/mol. The van der Waals surface area contributed by atoms with Crippen LogP contribution in [0.15, 0.2) is 29.3 Å². The largest absolute Gasteiger partial charge is 0.379 e. The van der Waals surface area contributed by atoms with Gasteiger partial charge in [0.1, 0.15) is 0 Å². The zero-order chi connectivity index (χ0) is 19.1. The van der Waals surface area contributed by atoms with Crippen LogP contribution in [0.25, 0.3) is 0 Å². The van der Waals surface area contributed by atoms with E-state index in [-0.39, 0.29) is 24.0 Å². The van der Waals surface area contributed by atoms with E-state index < -0.39 is 0 Å². The molecule has 2 fully saturated rings. The Morgan fingerprint density at radius 3 is 2.50 bits per heavy atom. The predicted octanol–water partition coefficient (Wildman–Crippen LogP) is 2.28. The fourth-order valence-electron chi connectivity index (χ4n) is 3.89. The molecule has 1 atom stereocenters. The number of aliphatic imine (C=N–C) groups is 1. The summed E-state index contributed by atoms with van der Waals surface area (Å²) >= 11 is 0. The molecule has 2 saturated heterocycles. The molecule has 1 unspecified atom stereocenters. The number of ether oxygens (including phenoxy) is 1. The molecule has 0 aromatic heterocycles. The minimum atomic E-state index is 0. The van der Waals surface area contributed by atoms with Crippen LogP contribution in [0.4, 0.5) is 5.69 Å². The lowest BCUT2D eigenvalue weighted by Gasteiger charge is -2.38. The van der Waals surface area contributed by atoms with E-state index in [1.165, 1.54) is 11.3 Å². The summed E-state index contributed by atoms with van der Waals surface area (Å²) in [6, 6.07) is 8.79. The number of halogens is 1. The zero-order valence-corrected chi connectivity index (χ0v) is 19.9. The zero-order valence-electron chi connectivity index (χ0n) is 17.6. The van der Waals surface area contributed by atoms with Gasteiger partial charge >= 0.3 is 0 Å². The van der Waals surface area contributed by atoms with Gasteiger partial charge in [-0.25, -0.2) is 0 Å². The molecule has 1 aromatic carbocycles. The minimum absolute atomic E-state index is 0. The van der Waals surface area contributed by atoms with E-state index in [0.717, 1.165) is 71.5 Å². The smallest absolute Gasteiger partial charge is 0.193 e. The van der Waals surface area contributed by atoms with Crippen molar-refractivity contribution in [3.8, 4) is 0 Å². The van der Waals surface area contributed by atoms with Gasteiger partial charge in [0.25, 0.3) is 0 Å². The Kier molecular flexibility index (Phi) is 9.81. The summed E-state index contributed by atoms with van der Waals surface area (Å²) < 4.78 is 5.44. The number of nitrogens with zero attached hydrogens (tertiary/aromatic N) is 4. The standard InChI is InChI=1S/C21H35N5O.HI/c1-18-5-4-6-20(15-18)25-7-9-26(10-8-25)21(22-3)23-16-19(2)17-24-11-13-27-14-12-24;/h4-6,15,19H,7-14,16-17H2,1-3H3,(H,22,23);1H. The number of hydrogen-bond donors (Lipinski definition) is 1. The van der Waals surface area contributed by atoms with Crippen molar-refractivity contribution in [2.75, 3.05) is 77.5 Å². The highest BCUT2D eigenvalue weighted by molar-refractivity contribution is 14.0. The normalized spacial score (nSPS) is 19.9. The second-order valence-corrected chi connectivity index (χ2v) is 7.76. The third kappa shape index (κ3) is 6.77. The third-order valence-electron chi connectivity index (χ3n) is 5.44. The lowest BCUT2D eigenvalue weighted by atomic mass is 10.1. The van der Waals surface area contributed by atoms with E-state index in [2.05, 4.69) is 63.1 Å². The fourth-order valence-corrected chi connectivity index (χ4v) is 3.89. The summed E-state index contributed by atoms with van der Waals surface area (Å²) in [6.07, 6.45) is 0. The lowest BCUT2D eigenvalue weighted by molar-refractivity contribution is 0.0320. The summed E-state index contributed by atoms with van der Waals surface area (Å²) in [5.41, 5.74) is 2.65. The van der Waals surface area contributed by atoms with Crippen LogP contribution in [-0.4, -0.2) is 88.4 Å². The maximum Gasteiger partial charge on any atom is 0.193 e. The monoisotopic (exact) mass is 501 g/mol. The van der Waals surface area contributed by atoms with Crippen molar-refractivity contribution >= 4 is 35.6 Å². The molecule has 1 aromatic rings. The Labute approximate surface area is 187 Å². The van der Waals surface area contributed by atoms with Crippen molar-refractivity contribution < 1.29 is 4.74 Å². The quantitative estimate of drug-likeness (QED) is 0.381. The van der Waals surface area contributed by atoms with Gasteiger partial charge in [0.15, 0.2) is 5.96 Å². The molecule has 28 heavy (non-hydrogen) atoms. The summed E-state index contributed by atoms with van der Waals surface area (Å²) in [6.45, 7) is 14.5. The highest BCUT2D eigenvalue weighted by Gasteiger charge is 2.20. The average Bonchev–Trinajstić information content (AvgIpc) is 2.70. The van der Waals surface area contributed by atoms with E-state index in [1.54, 1.807) is 0 Å². The molecule has 0 spiro atoms. The Morgan fingerprint density at radius 2 is 1.86 bits per heavy atom. The predicted molar refractivity (Wildman–Crippen MR) is 128 cm³/mol. The van der Waals surface area contributed by atoms with Crippen LogP contribution in [-0.2, 0) is 4.74 Å². The van der Waals surface area contributed by atoms with Crippen LogP contribution in [0.3, 0.4) is 0 Å². The van der Waals surface area contributed by atoms with Gasteiger partial charge in [-0.05, 0) is 30.5 Å². The highest BCUT2D eigenvalue weighted by atomic mass is 127. The maximum atomic E-state index is 5.44. The van der Waals surface area contributed by atoms with Gasteiger partial charge in [0, 0.05) is 65.1 Å². The van der Waals surface area contributed by atoms with Crippen molar-refractivity contribution in [2.24, 2.45) is 10.9 Å². The number of guanidine groups is 1. The molecule has 0 saturated carbocycles. The first-order chi connectivity index (χ1) is 13.2. The number of benzene rings is 1. The van der Waals surface area contributed by atoms with Gasteiger partial charge in [0.2, 0.25) is 0 Å². The van der Waals surface area contributed by atoms with Gasteiger partial charge in [-0.15, -0.1) is 24.0 Å². The Morgan fingerprint density at radius 1 is 1.14 bits per heavy atom. The molecule has 1 N–H and O–H groups in total.